The zero-order valence-electron chi connectivity index (χ0n) is 12.4. The molecule has 21 heavy (non-hydrogen) atoms. The number of aromatic nitrogens is 1. The van der Waals surface area contributed by atoms with Gasteiger partial charge in [-0.1, -0.05) is 18.2 Å². The van der Waals surface area contributed by atoms with Crippen LogP contribution in [0.5, 0.6) is 5.75 Å². The lowest BCUT2D eigenvalue weighted by molar-refractivity contribution is 0.249. The molecule has 0 saturated carbocycles. The van der Waals surface area contributed by atoms with Crippen LogP contribution in [-0.4, -0.2) is 43.2 Å². The Balaban J connectivity index is 1.53. The molecule has 4 heteroatoms. The highest BCUT2D eigenvalue weighted by Gasteiger charge is 2.17. The Hall–Kier alpha value is -2.07. The van der Waals surface area contributed by atoms with Crippen molar-refractivity contribution >= 4 is 5.82 Å². The van der Waals surface area contributed by atoms with Gasteiger partial charge in [0.1, 0.15) is 11.6 Å². The van der Waals surface area contributed by atoms with Gasteiger partial charge in [-0.25, -0.2) is 4.98 Å². The number of pyridine rings is 1. The molecule has 1 aliphatic rings. The standard InChI is InChI=1S/C17H21N3O/c1-21-16-7-5-15(6-8-16)14-19-10-12-20(13-11-19)17-4-2-3-9-18-17/h2-9H,10-14H2,1H3. The number of piperazine rings is 1. The Labute approximate surface area is 126 Å². The molecule has 2 heterocycles. The fraction of sp³-hybridized carbons (Fsp3) is 0.353. The number of rotatable bonds is 4. The van der Waals surface area contributed by atoms with Gasteiger partial charge in [0, 0.05) is 38.9 Å². The second-order valence-corrected chi connectivity index (χ2v) is 5.30. The van der Waals surface area contributed by atoms with E-state index in [9.17, 15) is 0 Å². The average molecular weight is 283 g/mol. The van der Waals surface area contributed by atoms with Gasteiger partial charge in [0.25, 0.3) is 0 Å². The van der Waals surface area contributed by atoms with Crippen molar-refractivity contribution in [2.45, 2.75) is 6.54 Å². The Kier molecular flexibility index (Phi) is 4.36. The van der Waals surface area contributed by atoms with Crippen molar-refractivity contribution in [2.75, 3.05) is 38.2 Å². The molecular formula is C17H21N3O. The van der Waals surface area contributed by atoms with Gasteiger partial charge in [0.2, 0.25) is 0 Å². The lowest BCUT2D eigenvalue weighted by atomic mass is 10.2. The Bertz CT molecular complexity index is 548. The van der Waals surface area contributed by atoms with Crippen LogP contribution >= 0.6 is 0 Å². The first-order valence-electron chi connectivity index (χ1n) is 7.36. The summed E-state index contributed by atoms with van der Waals surface area (Å²) in [5.41, 5.74) is 1.34. The van der Waals surface area contributed by atoms with Crippen LogP contribution in [0.15, 0.2) is 48.7 Å². The summed E-state index contributed by atoms with van der Waals surface area (Å²) in [6.45, 7) is 5.21. The van der Waals surface area contributed by atoms with Crippen LogP contribution in [0.2, 0.25) is 0 Å². The third kappa shape index (κ3) is 3.52. The summed E-state index contributed by atoms with van der Waals surface area (Å²) in [6, 6.07) is 14.4. The zero-order chi connectivity index (χ0) is 14.5. The van der Waals surface area contributed by atoms with E-state index >= 15 is 0 Å². The molecular weight excluding hydrogens is 262 g/mol. The predicted molar refractivity (Wildman–Crippen MR) is 84.7 cm³/mol. The minimum atomic E-state index is 0.915. The van der Waals surface area contributed by atoms with E-state index in [0.29, 0.717) is 0 Å². The molecule has 1 fully saturated rings. The van der Waals surface area contributed by atoms with Gasteiger partial charge in [-0.15, -0.1) is 0 Å². The normalized spacial score (nSPS) is 16.0. The molecule has 1 aromatic heterocycles. The molecule has 0 aliphatic carbocycles. The minimum Gasteiger partial charge on any atom is -0.497 e. The monoisotopic (exact) mass is 283 g/mol. The topological polar surface area (TPSA) is 28.6 Å². The first kappa shape index (κ1) is 13.9. The van der Waals surface area contributed by atoms with Gasteiger partial charge >= 0.3 is 0 Å². The van der Waals surface area contributed by atoms with Crippen molar-refractivity contribution in [2.24, 2.45) is 0 Å². The van der Waals surface area contributed by atoms with E-state index in [0.717, 1.165) is 44.3 Å². The number of ether oxygens (including phenoxy) is 1. The number of hydrogen-bond donors (Lipinski definition) is 0. The van der Waals surface area contributed by atoms with Crippen molar-refractivity contribution < 1.29 is 4.74 Å². The Morgan fingerprint density at radius 1 is 1.00 bits per heavy atom. The van der Waals surface area contributed by atoms with E-state index in [1.165, 1.54) is 5.56 Å². The average Bonchev–Trinajstić information content (AvgIpc) is 2.57. The maximum absolute atomic E-state index is 5.19. The highest BCUT2D eigenvalue weighted by molar-refractivity contribution is 5.38. The van der Waals surface area contributed by atoms with E-state index in [-0.39, 0.29) is 0 Å². The van der Waals surface area contributed by atoms with E-state index in [4.69, 9.17) is 4.74 Å². The highest BCUT2D eigenvalue weighted by Crippen LogP contribution is 2.16. The number of benzene rings is 1. The van der Waals surface area contributed by atoms with Crippen molar-refractivity contribution in [3.63, 3.8) is 0 Å². The quantitative estimate of drug-likeness (QED) is 0.861. The number of nitrogens with zero attached hydrogens (tertiary/aromatic N) is 3. The lowest BCUT2D eigenvalue weighted by Gasteiger charge is -2.35. The van der Waals surface area contributed by atoms with Gasteiger partial charge in [0.05, 0.1) is 7.11 Å². The molecule has 0 unspecified atom stereocenters. The molecule has 0 N–H and O–H groups in total. The van der Waals surface area contributed by atoms with Gasteiger partial charge < -0.3 is 9.64 Å². The first-order chi connectivity index (χ1) is 10.3. The van der Waals surface area contributed by atoms with Crippen LogP contribution in [0, 0.1) is 0 Å². The van der Waals surface area contributed by atoms with E-state index in [1.54, 1.807) is 7.11 Å². The van der Waals surface area contributed by atoms with Gasteiger partial charge in [-0.05, 0) is 29.8 Å². The van der Waals surface area contributed by atoms with E-state index in [1.807, 2.05) is 30.5 Å². The Morgan fingerprint density at radius 2 is 1.76 bits per heavy atom. The van der Waals surface area contributed by atoms with Crippen LogP contribution in [0.25, 0.3) is 0 Å². The lowest BCUT2D eigenvalue weighted by Crippen LogP contribution is -2.46. The van der Waals surface area contributed by atoms with Gasteiger partial charge in [-0.2, -0.15) is 0 Å². The summed E-state index contributed by atoms with van der Waals surface area (Å²) >= 11 is 0. The molecule has 0 bridgehead atoms. The second-order valence-electron chi connectivity index (χ2n) is 5.30. The second kappa shape index (κ2) is 6.59. The summed E-state index contributed by atoms with van der Waals surface area (Å²) in [5, 5.41) is 0. The van der Waals surface area contributed by atoms with E-state index in [2.05, 4.69) is 33.0 Å². The van der Waals surface area contributed by atoms with E-state index < -0.39 is 0 Å². The van der Waals surface area contributed by atoms with Crippen LogP contribution in [-0.2, 0) is 6.54 Å². The highest BCUT2D eigenvalue weighted by atomic mass is 16.5. The zero-order valence-corrected chi connectivity index (χ0v) is 12.4. The van der Waals surface area contributed by atoms with Gasteiger partial charge in [0.15, 0.2) is 0 Å². The maximum Gasteiger partial charge on any atom is 0.128 e. The largest absolute Gasteiger partial charge is 0.497 e. The number of methoxy groups -OCH3 is 1. The predicted octanol–water partition coefficient (Wildman–Crippen LogP) is 2.41. The smallest absolute Gasteiger partial charge is 0.128 e. The summed E-state index contributed by atoms with van der Waals surface area (Å²) < 4.78 is 5.19. The Morgan fingerprint density at radius 3 is 2.38 bits per heavy atom. The summed E-state index contributed by atoms with van der Waals surface area (Å²) in [4.78, 5) is 9.26. The molecule has 0 atom stereocenters. The minimum absolute atomic E-state index is 0.915. The molecule has 4 nitrogen and oxygen atoms in total. The summed E-state index contributed by atoms with van der Waals surface area (Å²) in [5.74, 6) is 2.00. The summed E-state index contributed by atoms with van der Waals surface area (Å²) in [6.07, 6.45) is 1.86. The van der Waals surface area contributed by atoms with Crippen LogP contribution in [0.1, 0.15) is 5.56 Å². The molecule has 0 spiro atoms. The fourth-order valence-electron chi connectivity index (χ4n) is 2.67. The van der Waals surface area contributed by atoms with Crippen molar-refractivity contribution in [1.29, 1.82) is 0 Å². The summed E-state index contributed by atoms with van der Waals surface area (Å²) in [7, 11) is 1.70. The number of anilines is 1. The van der Waals surface area contributed by atoms with Crippen molar-refractivity contribution in [1.82, 2.24) is 9.88 Å². The molecule has 0 amide bonds. The number of hydrogen-bond acceptors (Lipinski definition) is 4. The molecule has 1 aromatic carbocycles. The SMILES string of the molecule is COc1ccc(CN2CCN(c3ccccn3)CC2)cc1. The third-order valence-electron chi connectivity index (χ3n) is 3.91. The van der Waals surface area contributed by atoms with Gasteiger partial charge in [-0.3, -0.25) is 4.90 Å². The molecule has 110 valence electrons. The molecule has 1 aliphatic heterocycles. The van der Waals surface area contributed by atoms with Crippen LogP contribution in [0.4, 0.5) is 5.82 Å². The molecule has 3 rings (SSSR count). The van der Waals surface area contributed by atoms with Crippen molar-refractivity contribution in [3.05, 3.63) is 54.2 Å². The third-order valence-corrected chi connectivity index (χ3v) is 3.91. The first-order valence-corrected chi connectivity index (χ1v) is 7.36. The molecule has 1 saturated heterocycles. The van der Waals surface area contributed by atoms with Crippen molar-refractivity contribution in [3.8, 4) is 5.75 Å². The van der Waals surface area contributed by atoms with Crippen LogP contribution in [0.3, 0.4) is 0 Å². The maximum atomic E-state index is 5.19. The van der Waals surface area contributed by atoms with Crippen LogP contribution < -0.4 is 9.64 Å². The fourth-order valence-corrected chi connectivity index (χ4v) is 2.67. The molecule has 0 radical (unpaired) electrons. The molecule has 2 aromatic rings.